The van der Waals surface area contributed by atoms with Crippen LogP contribution in [0.1, 0.15) is 11.1 Å². The molecule has 1 atom stereocenters. The molecular weight excluding hydrogens is 473 g/mol. The fourth-order valence-electron chi connectivity index (χ4n) is 3.61. The van der Waals surface area contributed by atoms with Gasteiger partial charge >= 0.3 is 5.69 Å². The maximum atomic E-state index is 14.8. The van der Waals surface area contributed by atoms with Crippen molar-refractivity contribution in [3.63, 3.8) is 0 Å². The number of aromatic amines is 1. The molecule has 4 rings (SSSR count). The molecule has 34 heavy (non-hydrogen) atoms. The van der Waals surface area contributed by atoms with E-state index in [4.69, 9.17) is 11.6 Å². The first kappa shape index (κ1) is 23.5. The second-order valence-electron chi connectivity index (χ2n) is 7.62. The number of hydrogen-bond acceptors (Lipinski definition) is 6. The lowest BCUT2D eigenvalue weighted by Gasteiger charge is -2.36. The highest BCUT2D eigenvalue weighted by Gasteiger charge is 2.36. The molecule has 0 aliphatic rings. The topological polar surface area (TPSA) is 99.9 Å². The molecule has 0 fully saturated rings. The number of hydrogen-bond donors (Lipinski definition) is 2. The molecule has 0 amide bonds. The van der Waals surface area contributed by atoms with Crippen molar-refractivity contribution in [3.8, 4) is 0 Å². The first-order valence-electron chi connectivity index (χ1n) is 9.98. The molecule has 2 heterocycles. The molecule has 0 aliphatic heterocycles. The minimum atomic E-state index is -2.05. The summed E-state index contributed by atoms with van der Waals surface area (Å²) in [6.45, 7) is -0.727. The summed E-state index contributed by atoms with van der Waals surface area (Å²) in [6.07, 6.45) is 3.29. The van der Waals surface area contributed by atoms with E-state index in [2.05, 4.69) is 20.1 Å². The molecule has 8 nitrogen and oxygen atoms in total. The maximum Gasteiger partial charge on any atom is 0.346 e. The number of rotatable bonds is 8. The van der Waals surface area contributed by atoms with Crippen LogP contribution in [0.15, 0.2) is 66.1 Å². The quantitative estimate of drug-likeness (QED) is 0.394. The van der Waals surface area contributed by atoms with E-state index in [-0.39, 0.29) is 24.5 Å². The number of nitrogens with zero attached hydrogens (tertiary/aromatic N) is 5. The SMILES string of the molecule is O=c1ncc(F)c(N(Cc2ccc(Cl)cc2)CC(O)(Cn2cncn2)c2ccc(F)cc2F)[nH]1. The van der Waals surface area contributed by atoms with Crippen LogP contribution in [-0.2, 0) is 18.7 Å². The number of halogens is 4. The smallest absolute Gasteiger partial charge is 0.346 e. The molecule has 0 radical (unpaired) electrons. The summed E-state index contributed by atoms with van der Waals surface area (Å²) in [4.78, 5) is 22.7. The van der Waals surface area contributed by atoms with Gasteiger partial charge in [0.1, 0.15) is 35.7 Å². The molecule has 0 saturated carbocycles. The van der Waals surface area contributed by atoms with Crippen LogP contribution in [0.4, 0.5) is 19.0 Å². The summed E-state index contributed by atoms with van der Waals surface area (Å²) in [5.74, 6) is -2.96. The molecule has 12 heteroatoms. The van der Waals surface area contributed by atoms with E-state index in [1.54, 1.807) is 24.3 Å². The summed E-state index contributed by atoms with van der Waals surface area (Å²) in [5.41, 5.74) is -2.46. The molecule has 0 saturated heterocycles. The third kappa shape index (κ3) is 5.26. The van der Waals surface area contributed by atoms with Gasteiger partial charge in [-0.1, -0.05) is 29.8 Å². The molecule has 2 aromatic heterocycles. The van der Waals surface area contributed by atoms with Crippen LogP contribution >= 0.6 is 11.6 Å². The Labute approximate surface area is 196 Å². The van der Waals surface area contributed by atoms with E-state index in [9.17, 15) is 23.1 Å². The van der Waals surface area contributed by atoms with Gasteiger partial charge in [0.15, 0.2) is 5.82 Å². The zero-order valence-electron chi connectivity index (χ0n) is 17.5. The Morgan fingerprint density at radius 2 is 1.88 bits per heavy atom. The minimum absolute atomic E-state index is 0.00345. The van der Waals surface area contributed by atoms with Crippen molar-refractivity contribution < 1.29 is 18.3 Å². The molecule has 176 valence electrons. The van der Waals surface area contributed by atoms with E-state index in [1.165, 1.54) is 22.2 Å². The van der Waals surface area contributed by atoms with Crippen LogP contribution in [0, 0.1) is 17.5 Å². The molecule has 1 unspecified atom stereocenters. The number of benzene rings is 2. The Balaban J connectivity index is 1.80. The van der Waals surface area contributed by atoms with Gasteiger partial charge in [-0.3, -0.25) is 4.98 Å². The Bertz CT molecular complexity index is 1330. The first-order chi connectivity index (χ1) is 16.2. The van der Waals surface area contributed by atoms with Crippen molar-refractivity contribution in [3.05, 3.63) is 105 Å². The summed E-state index contributed by atoms with van der Waals surface area (Å²) in [7, 11) is 0. The number of H-pyrrole nitrogens is 1. The van der Waals surface area contributed by atoms with Crippen LogP contribution in [-0.4, -0.2) is 36.4 Å². The summed E-state index contributed by atoms with van der Waals surface area (Å²) < 4.78 is 44.4. The van der Waals surface area contributed by atoms with Crippen molar-refractivity contribution in [2.75, 3.05) is 11.4 Å². The van der Waals surface area contributed by atoms with E-state index < -0.39 is 35.3 Å². The van der Waals surface area contributed by atoms with Crippen LogP contribution < -0.4 is 10.6 Å². The minimum Gasteiger partial charge on any atom is -0.381 e. The molecular formula is C22H18ClF3N6O2. The third-order valence-electron chi connectivity index (χ3n) is 5.12. The number of aromatic nitrogens is 5. The average Bonchev–Trinajstić information content (AvgIpc) is 3.29. The lowest BCUT2D eigenvalue weighted by Crippen LogP contribution is -2.45. The molecule has 2 aromatic carbocycles. The van der Waals surface area contributed by atoms with Gasteiger partial charge < -0.3 is 10.0 Å². The molecule has 0 aliphatic carbocycles. The van der Waals surface area contributed by atoms with Crippen molar-refractivity contribution in [2.24, 2.45) is 0 Å². The van der Waals surface area contributed by atoms with Gasteiger partial charge in [0.05, 0.1) is 19.3 Å². The van der Waals surface area contributed by atoms with E-state index in [0.29, 0.717) is 16.7 Å². The first-order valence-corrected chi connectivity index (χ1v) is 10.4. The summed E-state index contributed by atoms with van der Waals surface area (Å²) >= 11 is 5.95. The maximum absolute atomic E-state index is 14.8. The van der Waals surface area contributed by atoms with Crippen molar-refractivity contribution in [2.45, 2.75) is 18.7 Å². The lowest BCUT2D eigenvalue weighted by molar-refractivity contribution is 0.0179. The fourth-order valence-corrected chi connectivity index (χ4v) is 3.74. The van der Waals surface area contributed by atoms with Gasteiger partial charge in [-0.15, -0.1) is 0 Å². The van der Waals surface area contributed by atoms with Crippen LogP contribution in [0.25, 0.3) is 0 Å². The largest absolute Gasteiger partial charge is 0.381 e. The Morgan fingerprint density at radius 1 is 1.12 bits per heavy atom. The number of aliphatic hydroxyl groups is 1. The molecule has 2 N–H and O–H groups in total. The standard InChI is InChI=1S/C22H18ClF3N6O2/c23-15-3-1-14(2-4-15)9-31(20-19(26)8-28-21(33)30-20)10-22(34,11-32-13-27-12-29-32)17-6-5-16(24)7-18(17)25/h1-8,12-13,34H,9-11H2,(H,28,30,33). The van der Waals surface area contributed by atoms with Gasteiger partial charge in [-0.05, 0) is 23.8 Å². The van der Waals surface area contributed by atoms with E-state index in [0.717, 1.165) is 18.3 Å². The zero-order valence-corrected chi connectivity index (χ0v) is 18.3. The van der Waals surface area contributed by atoms with Gasteiger partial charge in [-0.2, -0.15) is 10.1 Å². The van der Waals surface area contributed by atoms with Crippen molar-refractivity contribution >= 4 is 17.4 Å². The predicted molar refractivity (Wildman–Crippen MR) is 118 cm³/mol. The predicted octanol–water partition coefficient (Wildman–Crippen LogP) is 3.03. The average molecular weight is 491 g/mol. The molecule has 0 spiro atoms. The van der Waals surface area contributed by atoms with Crippen molar-refractivity contribution in [1.29, 1.82) is 0 Å². The molecule has 0 bridgehead atoms. The van der Waals surface area contributed by atoms with E-state index in [1.807, 2.05) is 0 Å². The van der Waals surface area contributed by atoms with E-state index >= 15 is 0 Å². The highest BCUT2D eigenvalue weighted by atomic mass is 35.5. The van der Waals surface area contributed by atoms with Gasteiger partial charge in [0.2, 0.25) is 0 Å². The summed E-state index contributed by atoms with van der Waals surface area (Å²) in [6, 6.07) is 9.36. The van der Waals surface area contributed by atoms with Crippen LogP contribution in [0.5, 0.6) is 0 Å². The lowest BCUT2D eigenvalue weighted by atomic mass is 9.92. The summed E-state index contributed by atoms with van der Waals surface area (Å²) in [5, 5.41) is 16.1. The normalized spacial score (nSPS) is 13.0. The zero-order chi connectivity index (χ0) is 24.3. The fraction of sp³-hybridized carbons (Fsp3) is 0.182. The second kappa shape index (κ2) is 9.65. The third-order valence-corrected chi connectivity index (χ3v) is 5.38. The molecule has 4 aromatic rings. The highest BCUT2D eigenvalue weighted by Crippen LogP contribution is 2.30. The number of anilines is 1. The van der Waals surface area contributed by atoms with Gasteiger partial charge in [0, 0.05) is 23.2 Å². The second-order valence-corrected chi connectivity index (χ2v) is 8.05. The van der Waals surface area contributed by atoms with Gasteiger partial charge in [-0.25, -0.2) is 27.6 Å². The Kier molecular flexibility index (Phi) is 6.66. The highest BCUT2D eigenvalue weighted by molar-refractivity contribution is 6.30. The van der Waals surface area contributed by atoms with Crippen LogP contribution in [0.2, 0.25) is 5.02 Å². The Hall–Kier alpha value is -3.70. The van der Waals surface area contributed by atoms with Crippen molar-refractivity contribution in [1.82, 2.24) is 24.7 Å². The Morgan fingerprint density at radius 3 is 2.56 bits per heavy atom. The monoisotopic (exact) mass is 490 g/mol. The van der Waals surface area contributed by atoms with Gasteiger partial charge in [0.25, 0.3) is 0 Å². The van der Waals surface area contributed by atoms with Crippen LogP contribution in [0.3, 0.4) is 0 Å². The number of nitrogens with one attached hydrogen (secondary N) is 1.